The first kappa shape index (κ1) is 25.5. The lowest BCUT2D eigenvalue weighted by Crippen LogP contribution is -2.44. The van der Waals surface area contributed by atoms with Gasteiger partial charge in [-0.1, -0.05) is 0 Å². The van der Waals surface area contributed by atoms with Gasteiger partial charge in [0, 0.05) is 34.6 Å². The highest BCUT2D eigenvalue weighted by molar-refractivity contribution is 5.97. The lowest BCUT2D eigenvalue weighted by Gasteiger charge is -2.42. The molecule has 1 aromatic carbocycles. The maximum atomic E-state index is 13.3. The van der Waals surface area contributed by atoms with Crippen LogP contribution in [0.3, 0.4) is 0 Å². The number of fused-ring (bicyclic) bond motifs is 5. The molecule has 1 saturated carbocycles. The molecule has 0 radical (unpaired) electrons. The molecule has 9 nitrogen and oxygen atoms in total. The molecule has 1 aromatic heterocycles. The van der Waals surface area contributed by atoms with Gasteiger partial charge in [-0.15, -0.1) is 5.53 Å². The van der Waals surface area contributed by atoms with Gasteiger partial charge in [-0.25, -0.2) is 4.98 Å². The number of aromatic nitrogens is 1. The minimum absolute atomic E-state index is 0. The van der Waals surface area contributed by atoms with E-state index < -0.39 is 42.0 Å². The molecule has 3 fully saturated rings. The average Bonchev–Trinajstić information content (AvgIpc) is 3.59. The summed E-state index contributed by atoms with van der Waals surface area (Å²) in [7, 11) is 0. The van der Waals surface area contributed by atoms with Crippen molar-refractivity contribution in [2.24, 2.45) is 23.7 Å². The molecular weight excluding hydrogens is 534 g/mol. The van der Waals surface area contributed by atoms with Gasteiger partial charge in [0.15, 0.2) is 6.61 Å². The van der Waals surface area contributed by atoms with Crippen LogP contribution in [-0.2, 0) is 6.18 Å². The molecule has 1 aliphatic carbocycles. The normalized spacial score (nSPS) is 25.3. The molecular formula is C24H26F6N6O3. The number of carbonyl (C=O) groups is 2. The molecule has 0 bridgehead atoms. The molecule has 2 saturated heterocycles. The second kappa shape index (κ2) is 8.89. The van der Waals surface area contributed by atoms with Gasteiger partial charge in [-0.2, -0.15) is 26.3 Å². The van der Waals surface area contributed by atoms with Crippen molar-refractivity contribution in [2.75, 3.05) is 43.6 Å². The van der Waals surface area contributed by atoms with Crippen LogP contribution in [0.15, 0.2) is 30.3 Å². The van der Waals surface area contributed by atoms with Crippen LogP contribution in [0.1, 0.15) is 29.3 Å². The van der Waals surface area contributed by atoms with E-state index in [4.69, 9.17) is 0 Å². The van der Waals surface area contributed by atoms with E-state index in [-0.39, 0.29) is 32.4 Å². The Morgan fingerprint density at radius 1 is 0.872 bits per heavy atom. The molecule has 3 N–H and O–H groups in total. The van der Waals surface area contributed by atoms with Crippen molar-refractivity contribution in [2.45, 2.75) is 12.4 Å². The summed E-state index contributed by atoms with van der Waals surface area (Å²) in [5.74, 6) is -1.46. The third-order valence-electron chi connectivity index (χ3n) is 7.92. The molecule has 39 heavy (non-hydrogen) atoms. The summed E-state index contributed by atoms with van der Waals surface area (Å²) in [6, 6.07) is 6.66. The van der Waals surface area contributed by atoms with Crippen molar-refractivity contribution in [3.8, 4) is 5.88 Å². The van der Waals surface area contributed by atoms with Crippen LogP contribution in [-0.4, -0.2) is 65.6 Å². The van der Waals surface area contributed by atoms with Crippen LogP contribution in [0.25, 0.3) is 0 Å². The van der Waals surface area contributed by atoms with Crippen LogP contribution < -0.4 is 21.1 Å². The number of alkyl halides is 6. The summed E-state index contributed by atoms with van der Waals surface area (Å²) in [6.45, 7) is -0.255. The van der Waals surface area contributed by atoms with E-state index in [0.717, 1.165) is 17.4 Å². The third-order valence-corrected chi connectivity index (χ3v) is 7.92. The monoisotopic (exact) mass is 560 g/mol. The fourth-order valence-electron chi connectivity index (χ4n) is 6.14. The summed E-state index contributed by atoms with van der Waals surface area (Å²) in [4.78, 5) is 33.0. The maximum absolute atomic E-state index is 13.3. The number of hydrogen-bond acceptors (Lipinski definition) is 7. The summed E-state index contributed by atoms with van der Waals surface area (Å²) in [5.41, 5.74) is 8.82. The Labute approximate surface area is 220 Å². The number of carbonyl (C=O) groups excluding carboxylic acids is 2. The predicted molar refractivity (Wildman–Crippen MR) is 128 cm³/mol. The van der Waals surface area contributed by atoms with Gasteiger partial charge >= 0.3 is 12.4 Å². The highest BCUT2D eigenvalue weighted by Crippen LogP contribution is 2.54. The van der Waals surface area contributed by atoms with E-state index in [1.165, 1.54) is 4.90 Å². The van der Waals surface area contributed by atoms with Gasteiger partial charge in [0.2, 0.25) is 5.88 Å². The van der Waals surface area contributed by atoms with E-state index >= 15 is 0 Å². The zero-order chi connectivity index (χ0) is 27.7. The first-order chi connectivity index (χ1) is 18.4. The standard InChI is InChI=1S/C24H22F6N6O3.2H2/c25-23(26,27)10-39-20-16(24(28,29)30)2-4-18(31-20)22(38)36-8-14-12-6-35(7-13(12)15(14)9-36)21(37)11-1-3-17-19(5-11)33-34-32-17;;/h1-5,12-15,32-34H,6-10H2;2*1H/t12-,13+,14?,15?;;. The Kier molecular flexibility index (Phi) is 5.82. The molecule has 4 atom stereocenters. The molecule has 3 aliphatic heterocycles. The summed E-state index contributed by atoms with van der Waals surface area (Å²) < 4.78 is 81.8. The Bertz CT molecular complexity index is 1330. The first-order valence-electron chi connectivity index (χ1n) is 12.2. The number of nitrogens with zero attached hydrogens (tertiary/aromatic N) is 3. The molecule has 6 rings (SSSR count). The molecule has 0 spiro atoms. The molecule has 2 aromatic rings. The number of anilines is 2. The SMILES string of the molecule is O=C(c1ccc2c(c1)NNN2)N1C[C@@H]2C3CN(C(=O)c4ccc(C(F)(F)F)c(OCC(F)(F)F)n4)CC3[C@@H]2C1.[HH].[HH]. The van der Waals surface area contributed by atoms with Crippen molar-refractivity contribution >= 4 is 23.2 Å². The predicted octanol–water partition coefficient (Wildman–Crippen LogP) is 3.88. The van der Waals surface area contributed by atoms with Crippen molar-refractivity contribution in [3.05, 3.63) is 47.2 Å². The van der Waals surface area contributed by atoms with Gasteiger partial charge in [-0.3, -0.25) is 9.59 Å². The minimum atomic E-state index is -5.01. The Balaban J connectivity index is 0.00000194. The minimum Gasteiger partial charge on any atom is -0.468 e. The van der Waals surface area contributed by atoms with E-state index in [0.29, 0.717) is 37.8 Å². The number of rotatable bonds is 4. The zero-order valence-electron chi connectivity index (χ0n) is 20.1. The smallest absolute Gasteiger partial charge is 0.422 e. The molecule has 212 valence electrons. The van der Waals surface area contributed by atoms with Crippen LogP contribution in [0.2, 0.25) is 0 Å². The van der Waals surface area contributed by atoms with Crippen molar-refractivity contribution in [3.63, 3.8) is 0 Å². The third kappa shape index (κ3) is 4.57. The van der Waals surface area contributed by atoms with Crippen LogP contribution >= 0.6 is 0 Å². The molecule has 2 amide bonds. The topological polar surface area (TPSA) is 98.8 Å². The Morgan fingerprint density at radius 3 is 2.05 bits per heavy atom. The lowest BCUT2D eigenvalue weighted by atomic mass is 9.60. The molecule has 15 heteroatoms. The number of likely N-dealkylation sites (tertiary alicyclic amines) is 2. The van der Waals surface area contributed by atoms with Crippen LogP contribution in [0.4, 0.5) is 37.7 Å². The number of ether oxygens (including phenoxy) is 1. The average molecular weight is 560 g/mol. The van der Waals surface area contributed by atoms with E-state index in [9.17, 15) is 35.9 Å². The highest BCUT2D eigenvalue weighted by atomic mass is 19.4. The second-order valence-electron chi connectivity index (χ2n) is 10.2. The fraction of sp³-hybridized carbons (Fsp3) is 0.458. The van der Waals surface area contributed by atoms with Crippen LogP contribution in [0.5, 0.6) is 5.88 Å². The van der Waals surface area contributed by atoms with E-state index in [2.05, 4.69) is 26.1 Å². The number of pyridine rings is 1. The number of nitrogens with one attached hydrogen (secondary N) is 3. The van der Waals surface area contributed by atoms with Crippen molar-refractivity contribution in [1.29, 1.82) is 0 Å². The van der Waals surface area contributed by atoms with E-state index in [1.54, 1.807) is 23.1 Å². The van der Waals surface area contributed by atoms with Gasteiger partial charge in [0.25, 0.3) is 11.8 Å². The lowest BCUT2D eigenvalue weighted by molar-refractivity contribution is -0.159. The van der Waals surface area contributed by atoms with Gasteiger partial charge in [-0.05, 0) is 54.0 Å². The number of hydrogen-bond donors (Lipinski definition) is 3. The first-order valence-corrected chi connectivity index (χ1v) is 12.2. The fourth-order valence-corrected chi connectivity index (χ4v) is 6.14. The van der Waals surface area contributed by atoms with Crippen LogP contribution in [0, 0.1) is 23.7 Å². The molecule has 2 unspecified atom stereocenters. The Hall–Kier alpha value is -3.75. The van der Waals surface area contributed by atoms with E-state index in [1.807, 2.05) is 0 Å². The molecule has 4 heterocycles. The second-order valence-corrected chi connectivity index (χ2v) is 10.2. The number of hydrazine groups is 2. The van der Waals surface area contributed by atoms with Crippen molar-refractivity contribution < 1.29 is 43.5 Å². The maximum Gasteiger partial charge on any atom is 0.422 e. The van der Waals surface area contributed by atoms with Gasteiger partial charge in [0.05, 0.1) is 11.4 Å². The van der Waals surface area contributed by atoms with Gasteiger partial charge < -0.3 is 25.4 Å². The largest absolute Gasteiger partial charge is 0.468 e. The summed E-state index contributed by atoms with van der Waals surface area (Å²) in [6.07, 6.45) is -9.88. The number of benzene rings is 1. The van der Waals surface area contributed by atoms with Gasteiger partial charge in [0.1, 0.15) is 11.3 Å². The van der Waals surface area contributed by atoms with Crippen molar-refractivity contribution in [1.82, 2.24) is 20.3 Å². The zero-order valence-corrected chi connectivity index (χ0v) is 20.1. The quantitative estimate of drug-likeness (QED) is 0.489. The summed E-state index contributed by atoms with van der Waals surface area (Å²) in [5, 5.41) is 0. The summed E-state index contributed by atoms with van der Waals surface area (Å²) >= 11 is 0. The highest BCUT2D eigenvalue weighted by Gasteiger charge is 2.59. The molecule has 4 aliphatic rings. The number of halogens is 6. The Morgan fingerprint density at radius 2 is 1.46 bits per heavy atom. The number of amides is 2.